The van der Waals surface area contributed by atoms with Crippen molar-refractivity contribution in [2.75, 3.05) is 7.11 Å². The summed E-state index contributed by atoms with van der Waals surface area (Å²) in [4.78, 5) is 14.8. The molecule has 0 rings (SSSR count). The standard InChI is InChI=1S/C5H11NO2/c1-3-4-5(7)6-8-2/h3-4H2,1-2H3,(H,6,7). The first-order chi connectivity index (χ1) is 3.81. The Morgan fingerprint density at radius 3 is 2.75 bits per heavy atom. The van der Waals surface area contributed by atoms with Crippen LogP contribution >= 0.6 is 0 Å². The maximum Gasteiger partial charge on any atom is 0.243 e. The molecule has 0 unspecified atom stereocenters. The molecule has 0 aromatic heterocycles. The number of hydrogen-bond donors (Lipinski definition) is 1. The molecule has 1 amide bonds. The van der Waals surface area contributed by atoms with E-state index in [-0.39, 0.29) is 5.91 Å². The summed E-state index contributed by atoms with van der Waals surface area (Å²) in [5.41, 5.74) is 2.21. The van der Waals surface area contributed by atoms with Crippen LogP contribution in [0.2, 0.25) is 0 Å². The summed E-state index contributed by atoms with van der Waals surface area (Å²) in [6.07, 6.45) is 1.39. The van der Waals surface area contributed by atoms with E-state index in [2.05, 4.69) is 10.3 Å². The van der Waals surface area contributed by atoms with Crippen LogP contribution in [0.25, 0.3) is 0 Å². The normalized spacial score (nSPS) is 8.75. The second-order valence-corrected chi connectivity index (χ2v) is 1.48. The second kappa shape index (κ2) is 4.59. The molecule has 3 heteroatoms. The van der Waals surface area contributed by atoms with Crippen LogP contribution in [0.4, 0.5) is 0 Å². The highest BCUT2D eigenvalue weighted by Crippen LogP contribution is 1.83. The molecule has 0 aliphatic heterocycles. The van der Waals surface area contributed by atoms with Crippen LogP contribution in [0.1, 0.15) is 19.8 Å². The third kappa shape index (κ3) is 3.61. The SMILES string of the molecule is CCCC(=O)NOC. The van der Waals surface area contributed by atoms with E-state index in [1.54, 1.807) is 0 Å². The summed E-state index contributed by atoms with van der Waals surface area (Å²) >= 11 is 0. The molecule has 48 valence electrons. The van der Waals surface area contributed by atoms with Gasteiger partial charge in [-0.25, -0.2) is 5.48 Å². The summed E-state index contributed by atoms with van der Waals surface area (Å²) in [5, 5.41) is 0. The Labute approximate surface area is 49.0 Å². The number of carbonyl (C=O) groups is 1. The Morgan fingerprint density at radius 1 is 1.75 bits per heavy atom. The Morgan fingerprint density at radius 2 is 2.38 bits per heavy atom. The zero-order valence-corrected chi connectivity index (χ0v) is 5.23. The predicted octanol–water partition coefficient (Wildman–Crippen LogP) is 0.464. The lowest BCUT2D eigenvalue weighted by Gasteiger charge is -1.96. The molecule has 0 bridgehead atoms. The lowest BCUT2D eigenvalue weighted by Crippen LogP contribution is -2.20. The molecular weight excluding hydrogens is 106 g/mol. The van der Waals surface area contributed by atoms with Crippen LogP contribution in [-0.4, -0.2) is 13.0 Å². The highest BCUT2D eigenvalue weighted by Gasteiger charge is 1.93. The molecule has 0 aliphatic rings. The zero-order valence-electron chi connectivity index (χ0n) is 5.23. The fourth-order valence-electron chi connectivity index (χ4n) is 0.392. The molecule has 8 heavy (non-hydrogen) atoms. The Bertz CT molecular complexity index is 64.8. The number of hydroxylamine groups is 1. The van der Waals surface area contributed by atoms with Crippen LogP contribution in [0.3, 0.4) is 0 Å². The number of nitrogens with one attached hydrogen (secondary N) is 1. The third-order valence-corrected chi connectivity index (χ3v) is 0.693. The van der Waals surface area contributed by atoms with Crippen molar-refractivity contribution in [3.05, 3.63) is 0 Å². The maximum atomic E-state index is 10.4. The average molecular weight is 117 g/mol. The van der Waals surface area contributed by atoms with Gasteiger partial charge in [0.15, 0.2) is 0 Å². The summed E-state index contributed by atoms with van der Waals surface area (Å²) < 4.78 is 0. The van der Waals surface area contributed by atoms with Gasteiger partial charge in [0.25, 0.3) is 0 Å². The van der Waals surface area contributed by atoms with Crippen molar-refractivity contribution < 1.29 is 9.63 Å². The minimum Gasteiger partial charge on any atom is -0.277 e. The first-order valence-electron chi connectivity index (χ1n) is 2.63. The Balaban J connectivity index is 3.06. The first-order valence-corrected chi connectivity index (χ1v) is 2.63. The van der Waals surface area contributed by atoms with Crippen LogP contribution in [0.15, 0.2) is 0 Å². The van der Waals surface area contributed by atoms with Crippen LogP contribution in [0.5, 0.6) is 0 Å². The highest BCUT2D eigenvalue weighted by atomic mass is 16.6. The zero-order chi connectivity index (χ0) is 6.41. The second-order valence-electron chi connectivity index (χ2n) is 1.48. The fourth-order valence-corrected chi connectivity index (χ4v) is 0.392. The van der Waals surface area contributed by atoms with Crippen LogP contribution in [0, 0.1) is 0 Å². The van der Waals surface area contributed by atoms with Crippen molar-refractivity contribution in [1.82, 2.24) is 5.48 Å². The van der Waals surface area contributed by atoms with E-state index in [1.165, 1.54) is 7.11 Å². The molecule has 0 aliphatic carbocycles. The van der Waals surface area contributed by atoms with E-state index in [4.69, 9.17) is 0 Å². The van der Waals surface area contributed by atoms with Crippen molar-refractivity contribution in [2.45, 2.75) is 19.8 Å². The van der Waals surface area contributed by atoms with Gasteiger partial charge in [-0.2, -0.15) is 0 Å². The van der Waals surface area contributed by atoms with Crippen molar-refractivity contribution in [1.29, 1.82) is 0 Å². The summed E-state index contributed by atoms with van der Waals surface area (Å²) in [6, 6.07) is 0. The van der Waals surface area contributed by atoms with Crippen molar-refractivity contribution >= 4 is 5.91 Å². The van der Waals surface area contributed by atoms with Gasteiger partial charge in [0.05, 0.1) is 7.11 Å². The number of hydrogen-bond acceptors (Lipinski definition) is 2. The van der Waals surface area contributed by atoms with E-state index in [1.807, 2.05) is 6.92 Å². The molecule has 0 fully saturated rings. The minimum atomic E-state index is -0.0602. The molecule has 0 saturated heterocycles. The van der Waals surface area contributed by atoms with Gasteiger partial charge in [0.1, 0.15) is 0 Å². The lowest BCUT2D eigenvalue weighted by atomic mass is 10.3. The summed E-state index contributed by atoms with van der Waals surface area (Å²) in [6.45, 7) is 1.94. The number of rotatable bonds is 3. The van der Waals surface area contributed by atoms with E-state index in [0.29, 0.717) is 6.42 Å². The minimum absolute atomic E-state index is 0.0602. The van der Waals surface area contributed by atoms with E-state index in [0.717, 1.165) is 6.42 Å². The molecule has 0 aromatic rings. The summed E-state index contributed by atoms with van der Waals surface area (Å²) in [5.74, 6) is -0.0602. The van der Waals surface area contributed by atoms with Gasteiger partial charge in [-0.1, -0.05) is 6.92 Å². The molecule has 0 saturated carbocycles. The van der Waals surface area contributed by atoms with Crippen LogP contribution < -0.4 is 5.48 Å². The first kappa shape index (κ1) is 7.43. The monoisotopic (exact) mass is 117 g/mol. The van der Waals surface area contributed by atoms with Gasteiger partial charge >= 0.3 is 0 Å². The van der Waals surface area contributed by atoms with Gasteiger partial charge in [-0.05, 0) is 6.42 Å². The van der Waals surface area contributed by atoms with E-state index in [9.17, 15) is 4.79 Å². The van der Waals surface area contributed by atoms with Crippen molar-refractivity contribution in [3.8, 4) is 0 Å². The quantitative estimate of drug-likeness (QED) is 0.545. The van der Waals surface area contributed by atoms with Gasteiger partial charge in [-0.3, -0.25) is 9.63 Å². The maximum absolute atomic E-state index is 10.4. The number of carbonyl (C=O) groups excluding carboxylic acids is 1. The summed E-state index contributed by atoms with van der Waals surface area (Å²) in [7, 11) is 1.42. The van der Waals surface area contributed by atoms with Crippen molar-refractivity contribution in [3.63, 3.8) is 0 Å². The molecule has 0 atom stereocenters. The molecule has 3 nitrogen and oxygen atoms in total. The Hall–Kier alpha value is -0.570. The largest absolute Gasteiger partial charge is 0.277 e. The topological polar surface area (TPSA) is 38.3 Å². The van der Waals surface area contributed by atoms with Gasteiger partial charge < -0.3 is 0 Å². The predicted molar refractivity (Wildman–Crippen MR) is 30.1 cm³/mol. The molecule has 0 heterocycles. The third-order valence-electron chi connectivity index (χ3n) is 0.693. The highest BCUT2D eigenvalue weighted by molar-refractivity contribution is 5.74. The van der Waals surface area contributed by atoms with Crippen LogP contribution in [-0.2, 0) is 9.63 Å². The van der Waals surface area contributed by atoms with Gasteiger partial charge in [-0.15, -0.1) is 0 Å². The number of amides is 1. The fraction of sp³-hybridized carbons (Fsp3) is 0.800. The van der Waals surface area contributed by atoms with Gasteiger partial charge in [0, 0.05) is 6.42 Å². The molecule has 0 aromatic carbocycles. The Kier molecular flexibility index (Phi) is 4.26. The van der Waals surface area contributed by atoms with E-state index >= 15 is 0 Å². The molecule has 0 radical (unpaired) electrons. The van der Waals surface area contributed by atoms with Gasteiger partial charge in [0.2, 0.25) is 5.91 Å². The molecular formula is C5H11NO2. The van der Waals surface area contributed by atoms with Crippen molar-refractivity contribution in [2.24, 2.45) is 0 Å². The average Bonchev–Trinajstić information content (AvgIpc) is 1.68. The molecule has 1 N–H and O–H groups in total. The molecule has 0 spiro atoms. The lowest BCUT2D eigenvalue weighted by molar-refractivity contribution is -0.131. The van der Waals surface area contributed by atoms with E-state index < -0.39 is 0 Å². The smallest absolute Gasteiger partial charge is 0.243 e.